The number of thiophene rings is 1. The maximum Gasteiger partial charge on any atom is 0.342 e. The van der Waals surface area contributed by atoms with E-state index in [0.29, 0.717) is 48.9 Å². The molecule has 0 unspecified atom stereocenters. The average Bonchev–Trinajstić information content (AvgIpc) is 3.94. The molecule has 0 aliphatic carbocycles. The Morgan fingerprint density at radius 3 is 1.99 bits per heavy atom. The van der Waals surface area contributed by atoms with Crippen LogP contribution in [0.15, 0.2) is 126 Å². The van der Waals surface area contributed by atoms with Gasteiger partial charge in [0.05, 0.1) is 13.2 Å². The molecular weight excluding hydrogens is 917 g/mol. The molecule has 0 bridgehead atoms. The van der Waals surface area contributed by atoms with E-state index in [1.54, 1.807) is 23.5 Å². The number of unbranched alkanes of at least 4 members (excludes halogenated alkanes) is 3. The molecule has 0 fully saturated rings. The number of nitriles is 3. The van der Waals surface area contributed by atoms with Crippen LogP contribution in [0.25, 0.3) is 18.2 Å². The molecule has 368 valence electrons. The van der Waals surface area contributed by atoms with Crippen molar-refractivity contribution in [2.75, 3.05) is 31.2 Å². The number of benzene rings is 4. The first-order valence-corrected chi connectivity index (χ1v) is 25.6. The first kappa shape index (κ1) is 50.9. The summed E-state index contributed by atoms with van der Waals surface area (Å²) in [6.07, 6.45) is 13.6. The molecule has 3 aliphatic heterocycles. The van der Waals surface area contributed by atoms with Gasteiger partial charge >= 0.3 is 5.97 Å². The van der Waals surface area contributed by atoms with Crippen LogP contribution in [-0.4, -0.2) is 37.9 Å². The summed E-state index contributed by atoms with van der Waals surface area (Å²) < 4.78 is 30.9. The maximum atomic E-state index is 13.6. The third-order valence-electron chi connectivity index (χ3n) is 13.7. The van der Waals surface area contributed by atoms with Crippen LogP contribution >= 0.6 is 11.3 Å². The molecule has 0 saturated heterocycles. The van der Waals surface area contributed by atoms with Gasteiger partial charge in [-0.2, -0.15) is 15.8 Å². The molecule has 4 heterocycles. The fourth-order valence-electron chi connectivity index (χ4n) is 9.55. The summed E-state index contributed by atoms with van der Waals surface area (Å²) in [4.78, 5) is 18.2. The molecule has 5 aromatic rings. The van der Waals surface area contributed by atoms with Crippen molar-refractivity contribution in [1.29, 1.82) is 15.8 Å². The SMILES string of the molecule is CC1(C)OC(=C(C#N)C#N)C(C#N)=C1/C=C/c1ccc(/C=C/c2cc3c4c(c2OCCCCCCOC(=O)c2cc(OCc5ccccc5)ccc2OCc2ccccc2)C(C)(C)CCN4CCC3(C)C)s1. The summed E-state index contributed by atoms with van der Waals surface area (Å²) in [7, 11) is 0. The van der Waals surface area contributed by atoms with Crippen LogP contribution < -0.4 is 19.1 Å². The second kappa shape index (κ2) is 22.3. The number of carbonyl (C=O) groups excluding carboxylic acids is 1. The zero-order valence-electron chi connectivity index (χ0n) is 42.2. The summed E-state index contributed by atoms with van der Waals surface area (Å²) in [5.41, 5.74) is 7.02. The Hall–Kier alpha value is -7.52. The third kappa shape index (κ3) is 11.6. The Bertz CT molecular complexity index is 3030. The fourth-order valence-corrected chi connectivity index (χ4v) is 10.4. The zero-order valence-corrected chi connectivity index (χ0v) is 43.0. The molecule has 11 heteroatoms. The number of anilines is 1. The van der Waals surface area contributed by atoms with Crippen molar-refractivity contribution in [3.63, 3.8) is 0 Å². The van der Waals surface area contributed by atoms with Crippen molar-refractivity contribution >= 4 is 41.2 Å². The Labute approximate surface area is 428 Å². The van der Waals surface area contributed by atoms with E-state index in [9.17, 15) is 20.6 Å². The minimum atomic E-state index is -0.887. The molecule has 8 rings (SSSR count). The minimum absolute atomic E-state index is 0.000161. The summed E-state index contributed by atoms with van der Waals surface area (Å²) in [5, 5.41) is 29.0. The van der Waals surface area contributed by atoms with Crippen LogP contribution in [0.5, 0.6) is 17.2 Å². The van der Waals surface area contributed by atoms with Crippen molar-refractivity contribution in [3.05, 3.63) is 169 Å². The number of allylic oxidation sites excluding steroid dienone is 2. The van der Waals surface area contributed by atoms with E-state index in [1.165, 1.54) is 16.8 Å². The molecule has 4 aromatic carbocycles. The topological polar surface area (TPSA) is 138 Å². The van der Waals surface area contributed by atoms with Crippen LogP contribution in [0.4, 0.5) is 5.69 Å². The molecule has 1 aromatic heterocycles. The summed E-state index contributed by atoms with van der Waals surface area (Å²) in [5.74, 6) is 1.54. The Kier molecular flexibility index (Phi) is 15.7. The van der Waals surface area contributed by atoms with Crippen LogP contribution in [0, 0.1) is 34.0 Å². The lowest BCUT2D eigenvalue weighted by atomic mass is 9.68. The summed E-state index contributed by atoms with van der Waals surface area (Å²) in [6.45, 7) is 16.6. The van der Waals surface area contributed by atoms with Crippen LogP contribution in [0.3, 0.4) is 0 Å². The van der Waals surface area contributed by atoms with Gasteiger partial charge in [-0.1, -0.05) is 94.4 Å². The van der Waals surface area contributed by atoms with Gasteiger partial charge in [0.25, 0.3) is 0 Å². The van der Waals surface area contributed by atoms with Crippen molar-refractivity contribution in [2.45, 2.75) is 110 Å². The van der Waals surface area contributed by atoms with Gasteiger partial charge in [-0.25, -0.2) is 4.79 Å². The van der Waals surface area contributed by atoms with Gasteiger partial charge in [0, 0.05) is 45.2 Å². The van der Waals surface area contributed by atoms with Crippen LogP contribution in [0.1, 0.15) is 128 Å². The number of hydrogen-bond acceptors (Lipinski definition) is 11. The largest absolute Gasteiger partial charge is 0.493 e. The molecule has 3 aliphatic rings. The number of ether oxygens (including phenoxy) is 5. The lowest BCUT2D eigenvalue weighted by Crippen LogP contribution is -2.45. The Morgan fingerprint density at radius 2 is 1.33 bits per heavy atom. The highest BCUT2D eigenvalue weighted by atomic mass is 32.1. The van der Waals surface area contributed by atoms with Crippen molar-refractivity contribution < 1.29 is 28.5 Å². The number of nitrogens with zero attached hydrogens (tertiary/aromatic N) is 4. The maximum absolute atomic E-state index is 13.6. The fraction of sp³-hybridized carbons (Fsp3) is 0.344. The highest BCUT2D eigenvalue weighted by Gasteiger charge is 2.43. The van der Waals surface area contributed by atoms with Gasteiger partial charge in [-0.05, 0) is 135 Å². The van der Waals surface area contributed by atoms with E-state index in [1.807, 2.05) is 111 Å². The molecule has 0 radical (unpaired) electrons. The summed E-state index contributed by atoms with van der Waals surface area (Å²) >= 11 is 1.62. The molecule has 0 N–H and O–H groups in total. The first-order valence-electron chi connectivity index (χ1n) is 24.8. The van der Waals surface area contributed by atoms with Gasteiger partial charge in [0.15, 0.2) is 11.3 Å². The van der Waals surface area contributed by atoms with Gasteiger partial charge in [0.2, 0.25) is 0 Å². The number of hydrogen-bond donors (Lipinski definition) is 0. The van der Waals surface area contributed by atoms with E-state index in [0.717, 1.165) is 77.4 Å². The normalized spacial score (nSPS) is 16.1. The highest BCUT2D eigenvalue weighted by molar-refractivity contribution is 7.13. The monoisotopic (exact) mass is 978 g/mol. The van der Waals surface area contributed by atoms with E-state index in [2.05, 4.69) is 62.9 Å². The first-order chi connectivity index (χ1) is 34.7. The lowest BCUT2D eigenvalue weighted by Gasteiger charge is -2.49. The standard InChI is InChI=1S/C61H62N4O6S/c1-59(2)29-31-65-32-30-60(3,4)54-55(65)52(59)35-44(21-23-47-24-25-48(72-47)26-27-51-50(39-64)56(45(37-62)38-63)71-61(51,5)6)57(54)67-33-15-7-8-16-34-68-58(66)49-36-46(69-40-42-17-11-9-12-18-42)22-28-53(49)70-41-43-19-13-10-14-20-43/h9-14,17-28,35-36H,7-8,15-16,29-34,40-41H2,1-6H3/b23-21+,27-26+. The van der Waals surface area contributed by atoms with E-state index < -0.39 is 11.6 Å². The van der Waals surface area contributed by atoms with Crippen molar-refractivity contribution in [1.82, 2.24) is 0 Å². The van der Waals surface area contributed by atoms with E-state index in [4.69, 9.17) is 23.7 Å². The smallest absolute Gasteiger partial charge is 0.342 e. The number of esters is 1. The molecule has 0 spiro atoms. The second-order valence-corrected chi connectivity index (χ2v) is 21.4. The van der Waals surface area contributed by atoms with Gasteiger partial charge in [-0.15, -0.1) is 11.3 Å². The molecule has 0 atom stereocenters. The van der Waals surface area contributed by atoms with Gasteiger partial charge in [-0.3, -0.25) is 0 Å². The van der Waals surface area contributed by atoms with Crippen LogP contribution in [0.2, 0.25) is 0 Å². The molecule has 0 amide bonds. The highest BCUT2D eigenvalue weighted by Crippen LogP contribution is 2.54. The van der Waals surface area contributed by atoms with Gasteiger partial charge in [0.1, 0.15) is 65.4 Å². The van der Waals surface area contributed by atoms with Crippen molar-refractivity contribution in [3.8, 4) is 35.5 Å². The molecule has 72 heavy (non-hydrogen) atoms. The van der Waals surface area contributed by atoms with E-state index >= 15 is 0 Å². The van der Waals surface area contributed by atoms with Crippen LogP contribution in [-0.2, 0) is 33.5 Å². The third-order valence-corrected chi connectivity index (χ3v) is 14.8. The Balaban J connectivity index is 0.932. The Morgan fingerprint density at radius 1 is 0.708 bits per heavy atom. The number of carbonyl (C=O) groups is 1. The average molecular weight is 979 g/mol. The molecular formula is C61H62N4O6S. The second-order valence-electron chi connectivity index (χ2n) is 20.3. The van der Waals surface area contributed by atoms with Crippen molar-refractivity contribution in [2.24, 2.45) is 0 Å². The summed E-state index contributed by atoms with van der Waals surface area (Å²) in [6, 6.07) is 37.4. The van der Waals surface area contributed by atoms with Gasteiger partial charge < -0.3 is 28.6 Å². The predicted molar refractivity (Wildman–Crippen MR) is 285 cm³/mol. The molecule has 10 nitrogen and oxygen atoms in total. The van der Waals surface area contributed by atoms with E-state index in [-0.39, 0.29) is 34.3 Å². The minimum Gasteiger partial charge on any atom is -0.493 e. The lowest BCUT2D eigenvalue weighted by molar-refractivity contribution is 0.0491. The molecule has 0 saturated carbocycles. The zero-order chi connectivity index (χ0) is 50.9. The quantitative estimate of drug-likeness (QED) is 0.0446. The predicted octanol–water partition coefficient (Wildman–Crippen LogP) is 14.0. The number of rotatable bonds is 19.